The van der Waals surface area contributed by atoms with Crippen molar-refractivity contribution in [1.82, 2.24) is 5.32 Å². The lowest BCUT2D eigenvalue weighted by Crippen LogP contribution is -2.21. The van der Waals surface area contributed by atoms with Crippen molar-refractivity contribution in [2.75, 3.05) is 0 Å². The molecule has 0 saturated carbocycles. The molecule has 0 radical (unpaired) electrons. The molecule has 3 aromatic carbocycles. The Morgan fingerprint density at radius 2 is 1.48 bits per heavy atom. The standard InChI is InChI=1S/C18H13N3/c19-17-14-9-3-4-10-15(14)18(21-17)20-16-11-5-7-12-6-1-2-8-13(12)16/h1-11H,(H2,19,20,21). The molecule has 3 nitrogen and oxygen atoms in total. The lowest BCUT2D eigenvalue weighted by Gasteiger charge is -2.04. The summed E-state index contributed by atoms with van der Waals surface area (Å²) < 4.78 is 0. The summed E-state index contributed by atoms with van der Waals surface area (Å²) in [6.45, 7) is 0. The van der Waals surface area contributed by atoms with Crippen LogP contribution < -0.4 is 5.32 Å². The summed E-state index contributed by atoms with van der Waals surface area (Å²) in [7, 11) is 0. The summed E-state index contributed by atoms with van der Waals surface area (Å²) >= 11 is 0. The van der Waals surface area contributed by atoms with Crippen LogP contribution in [-0.4, -0.2) is 11.7 Å². The Bertz CT molecular complexity index is 888. The van der Waals surface area contributed by atoms with Crippen LogP contribution in [0.1, 0.15) is 11.1 Å². The van der Waals surface area contributed by atoms with E-state index in [1.54, 1.807) is 0 Å². The molecule has 21 heavy (non-hydrogen) atoms. The molecule has 2 N–H and O–H groups in total. The van der Waals surface area contributed by atoms with Gasteiger partial charge in [-0.3, -0.25) is 5.41 Å². The number of fused-ring (bicyclic) bond motifs is 2. The molecule has 0 amide bonds. The number of amidine groups is 2. The van der Waals surface area contributed by atoms with Crippen LogP contribution in [0.2, 0.25) is 0 Å². The predicted octanol–water partition coefficient (Wildman–Crippen LogP) is 3.85. The molecular weight excluding hydrogens is 258 g/mol. The van der Waals surface area contributed by atoms with Gasteiger partial charge in [0.05, 0.1) is 5.69 Å². The molecule has 3 heteroatoms. The molecule has 1 aliphatic heterocycles. The van der Waals surface area contributed by atoms with Crippen molar-refractivity contribution >= 4 is 28.1 Å². The van der Waals surface area contributed by atoms with Gasteiger partial charge in [-0.2, -0.15) is 0 Å². The Hall–Kier alpha value is -2.94. The van der Waals surface area contributed by atoms with Crippen molar-refractivity contribution in [1.29, 1.82) is 5.41 Å². The van der Waals surface area contributed by atoms with E-state index in [2.05, 4.69) is 23.5 Å². The average molecular weight is 271 g/mol. The highest BCUT2D eigenvalue weighted by molar-refractivity contribution is 6.25. The highest BCUT2D eigenvalue weighted by atomic mass is 15.1. The van der Waals surface area contributed by atoms with E-state index in [-0.39, 0.29) is 0 Å². The second-order valence-electron chi connectivity index (χ2n) is 5.00. The van der Waals surface area contributed by atoms with Gasteiger partial charge in [-0.25, -0.2) is 4.99 Å². The van der Waals surface area contributed by atoms with Crippen molar-refractivity contribution in [2.45, 2.75) is 0 Å². The summed E-state index contributed by atoms with van der Waals surface area (Å²) in [4.78, 5) is 4.74. The summed E-state index contributed by atoms with van der Waals surface area (Å²) in [5.74, 6) is 1.15. The number of rotatable bonds is 1. The van der Waals surface area contributed by atoms with Gasteiger partial charge in [-0.15, -0.1) is 0 Å². The normalized spacial score (nSPS) is 15.2. The minimum absolute atomic E-state index is 0.407. The van der Waals surface area contributed by atoms with E-state index in [1.807, 2.05) is 48.5 Å². The molecule has 0 aliphatic carbocycles. The maximum absolute atomic E-state index is 8.00. The van der Waals surface area contributed by atoms with Crippen LogP contribution in [0.25, 0.3) is 10.8 Å². The number of hydrogen-bond acceptors (Lipinski definition) is 2. The van der Waals surface area contributed by atoms with Gasteiger partial charge >= 0.3 is 0 Å². The smallest absolute Gasteiger partial charge is 0.140 e. The van der Waals surface area contributed by atoms with Crippen molar-refractivity contribution in [3.05, 3.63) is 77.9 Å². The van der Waals surface area contributed by atoms with Gasteiger partial charge in [-0.05, 0) is 11.5 Å². The Morgan fingerprint density at radius 3 is 2.38 bits per heavy atom. The third-order valence-corrected chi connectivity index (χ3v) is 3.69. The topological polar surface area (TPSA) is 48.2 Å². The van der Waals surface area contributed by atoms with E-state index in [9.17, 15) is 0 Å². The molecule has 0 spiro atoms. The number of aliphatic imine (C=N–C) groups is 1. The van der Waals surface area contributed by atoms with Crippen LogP contribution in [0.15, 0.2) is 71.7 Å². The van der Waals surface area contributed by atoms with E-state index in [1.165, 1.54) is 5.39 Å². The third kappa shape index (κ3) is 1.91. The fraction of sp³-hybridized carbons (Fsp3) is 0. The molecule has 0 unspecified atom stereocenters. The summed E-state index contributed by atoms with van der Waals surface area (Å²) in [5, 5.41) is 13.3. The molecule has 100 valence electrons. The first kappa shape index (κ1) is 11.9. The van der Waals surface area contributed by atoms with E-state index in [0.717, 1.165) is 28.0 Å². The van der Waals surface area contributed by atoms with Gasteiger partial charge in [-0.1, -0.05) is 60.7 Å². The number of nitrogens with zero attached hydrogens (tertiary/aromatic N) is 1. The first-order valence-corrected chi connectivity index (χ1v) is 6.85. The molecule has 0 bridgehead atoms. The zero-order valence-electron chi connectivity index (χ0n) is 11.3. The van der Waals surface area contributed by atoms with Crippen LogP contribution in [0.5, 0.6) is 0 Å². The number of nitrogens with one attached hydrogen (secondary N) is 2. The lowest BCUT2D eigenvalue weighted by molar-refractivity contribution is 1.32. The minimum atomic E-state index is 0.407. The van der Waals surface area contributed by atoms with E-state index in [0.29, 0.717) is 5.84 Å². The van der Waals surface area contributed by atoms with Crippen molar-refractivity contribution in [2.24, 2.45) is 4.99 Å². The molecule has 0 aromatic heterocycles. The minimum Gasteiger partial charge on any atom is -0.324 e. The Balaban J connectivity index is 1.91. The van der Waals surface area contributed by atoms with Crippen molar-refractivity contribution in [3.63, 3.8) is 0 Å². The summed E-state index contributed by atoms with van der Waals surface area (Å²) in [6.07, 6.45) is 0. The summed E-state index contributed by atoms with van der Waals surface area (Å²) in [5.41, 5.74) is 2.80. The second-order valence-corrected chi connectivity index (χ2v) is 5.00. The number of hydrogen-bond donors (Lipinski definition) is 2. The van der Waals surface area contributed by atoms with Gasteiger partial charge in [0.1, 0.15) is 11.7 Å². The molecule has 4 rings (SSSR count). The van der Waals surface area contributed by atoms with Crippen LogP contribution in [0, 0.1) is 5.41 Å². The van der Waals surface area contributed by atoms with Gasteiger partial charge in [0.2, 0.25) is 0 Å². The zero-order chi connectivity index (χ0) is 14.2. The predicted molar refractivity (Wildman–Crippen MR) is 86.6 cm³/mol. The van der Waals surface area contributed by atoms with Crippen LogP contribution in [-0.2, 0) is 0 Å². The van der Waals surface area contributed by atoms with Gasteiger partial charge < -0.3 is 5.32 Å². The maximum atomic E-state index is 8.00. The quantitative estimate of drug-likeness (QED) is 0.694. The van der Waals surface area contributed by atoms with E-state index >= 15 is 0 Å². The van der Waals surface area contributed by atoms with Crippen molar-refractivity contribution < 1.29 is 0 Å². The van der Waals surface area contributed by atoms with E-state index in [4.69, 9.17) is 10.4 Å². The summed E-state index contributed by atoms with van der Waals surface area (Å²) in [6, 6.07) is 22.1. The zero-order valence-corrected chi connectivity index (χ0v) is 11.3. The fourth-order valence-electron chi connectivity index (χ4n) is 2.68. The maximum Gasteiger partial charge on any atom is 0.140 e. The Labute approximate surface area is 122 Å². The third-order valence-electron chi connectivity index (χ3n) is 3.69. The van der Waals surface area contributed by atoms with Crippen molar-refractivity contribution in [3.8, 4) is 0 Å². The molecule has 0 fully saturated rings. The van der Waals surface area contributed by atoms with Gasteiger partial charge in [0, 0.05) is 16.5 Å². The SMILES string of the molecule is N=C1NC(=Nc2cccc3ccccc23)c2ccccc21. The molecule has 3 aromatic rings. The monoisotopic (exact) mass is 271 g/mol. The van der Waals surface area contributed by atoms with Crippen LogP contribution >= 0.6 is 0 Å². The average Bonchev–Trinajstić information content (AvgIpc) is 2.85. The van der Waals surface area contributed by atoms with Gasteiger partial charge in [0.25, 0.3) is 0 Å². The molecule has 1 heterocycles. The van der Waals surface area contributed by atoms with E-state index < -0.39 is 0 Å². The second kappa shape index (κ2) is 4.56. The highest BCUT2D eigenvalue weighted by Gasteiger charge is 2.21. The van der Waals surface area contributed by atoms with Gasteiger partial charge in [0.15, 0.2) is 0 Å². The molecule has 1 aliphatic rings. The fourth-order valence-corrected chi connectivity index (χ4v) is 2.68. The molecular formula is C18H13N3. The highest BCUT2D eigenvalue weighted by Crippen LogP contribution is 2.27. The number of benzene rings is 3. The molecule has 0 atom stereocenters. The first-order valence-electron chi connectivity index (χ1n) is 6.85. The Kier molecular flexibility index (Phi) is 2.57. The largest absolute Gasteiger partial charge is 0.324 e. The molecule has 0 saturated heterocycles. The Morgan fingerprint density at radius 1 is 0.762 bits per heavy atom. The van der Waals surface area contributed by atoms with Crippen LogP contribution in [0.4, 0.5) is 5.69 Å². The first-order chi connectivity index (χ1) is 10.3. The van der Waals surface area contributed by atoms with Crippen LogP contribution in [0.3, 0.4) is 0 Å². The lowest BCUT2D eigenvalue weighted by atomic mass is 10.1.